The van der Waals surface area contributed by atoms with Crippen molar-refractivity contribution in [2.45, 2.75) is 17.4 Å². The van der Waals surface area contributed by atoms with Gasteiger partial charge in [-0.25, -0.2) is 18.3 Å². The van der Waals surface area contributed by atoms with Crippen molar-refractivity contribution in [2.24, 2.45) is 0 Å². The highest BCUT2D eigenvalue weighted by Crippen LogP contribution is 2.30. The quantitative estimate of drug-likeness (QED) is 0.361. The molecule has 0 aliphatic carbocycles. The number of hydroxylamine groups is 1. The first kappa shape index (κ1) is 21.9. The van der Waals surface area contributed by atoms with Gasteiger partial charge in [-0.3, -0.25) is 10.0 Å². The molecule has 0 radical (unpaired) electrons. The molecule has 0 saturated heterocycles. The number of halogens is 1. The molecule has 1 aromatic heterocycles. The molecular formula is C20H19FN2O5S2. The smallest absolute Gasteiger partial charge is 0.266 e. The minimum Gasteiger partial charge on any atom is -0.508 e. The fourth-order valence-corrected chi connectivity index (χ4v) is 5.25. The second kappa shape index (κ2) is 9.35. The summed E-state index contributed by atoms with van der Waals surface area (Å²) in [5, 5.41) is 20.6. The van der Waals surface area contributed by atoms with Crippen molar-refractivity contribution in [2.75, 3.05) is 6.54 Å². The lowest BCUT2D eigenvalue weighted by molar-refractivity contribution is -0.133. The van der Waals surface area contributed by atoms with Gasteiger partial charge in [-0.1, -0.05) is 18.2 Å². The number of carbonyl (C=O) groups is 1. The van der Waals surface area contributed by atoms with Crippen LogP contribution in [0.2, 0.25) is 0 Å². The van der Waals surface area contributed by atoms with Gasteiger partial charge in [0.2, 0.25) is 10.0 Å². The van der Waals surface area contributed by atoms with Crippen LogP contribution in [0.1, 0.15) is 16.5 Å². The van der Waals surface area contributed by atoms with E-state index in [9.17, 15) is 27.9 Å². The summed E-state index contributed by atoms with van der Waals surface area (Å²) in [5.74, 6) is -1.63. The Morgan fingerprint density at radius 2 is 1.77 bits per heavy atom. The fraction of sp³-hybridized carbons (Fsp3) is 0.150. The van der Waals surface area contributed by atoms with E-state index >= 15 is 0 Å². The maximum absolute atomic E-state index is 13.4. The van der Waals surface area contributed by atoms with E-state index in [-0.39, 0.29) is 22.8 Å². The van der Waals surface area contributed by atoms with Crippen molar-refractivity contribution in [3.63, 3.8) is 0 Å². The van der Waals surface area contributed by atoms with E-state index in [0.717, 1.165) is 21.3 Å². The predicted molar refractivity (Wildman–Crippen MR) is 109 cm³/mol. The van der Waals surface area contributed by atoms with Gasteiger partial charge in [-0.2, -0.15) is 4.31 Å². The average molecular weight is 451 g/mol. The number of phenolic OH excluding ortho intramolecular Hbond substituents is 1. The van der Waals surface area contributed by atoms with Gasteiger partial charge in [-0.15, -0.1) is 11.3 Å². The van der Waals surface area contributed by atoms with Crippen molar-refractivity contribution in [1.82, 2.24) is 9.79 Å². The number of nitrogens with zero attached hydrogens (tertiary/aromatic N) is 1. The number of rotatable bonds is 8. The van der Waals surface area contributed by atoms with E-state index in [1.807, 2.05) is 17.5 Å². The summed E-state index contributed by atoms with van der Waals surface area (Å²) in [4.78, 5) is 13.3. The first-order chi connectivity index (χ1) is 14.3. The molecule has 1 unspecified atom stereocenters. The van der Waals surface area contributed by atoms with Crippen LogP contribution in [0.15, 0.2) is 70.9 Å². The zero-order valence-corrected chi connectivity index (χ0v) is 17.2. The highest BCUT2D eigenvalue weighted by Gasteiger charge is 2.37. The van der Waals surface area contributed by atoms with Crippen LogP contribution in [0.4, 0.5) is 4.39 Å². The zero-order chi connectivity index (χ0) is 21.7. The van der Waals surface area contributed by atoms with Crippen molar-refractivity contribution < 1.29 is 27.9 Å². The van der Waals surface area contributed by atoms with Gasteiger partial charge < -0.3 is 5.11 Å². The van der Waals surface area contributed by atoms with Gasteiger partial charge in [-0.05, 0) is 59.8 Å². The van der Waals surface area contributed by atoms with Crippen LogP contribution in [0.3, 0.4) is 0 Å². The molecule has 0 aliphatic rings. The number of thiophene rings is 1. The van der Waals surface area contributed by atoms with Crippen molar-refractivity contribution >= 4 is 27.3 Å². The number of carbonyl (C=O) groups excluding carboxylic acids is 1. The van der Waals surface area contributed by atoms with Crippen LogP contribution < -0.4 is 5.48 Å². The molecule has 10 heteroatoms. The van der Waals surface area contributed by atoms with Gasteiger partial charge in [0.15, 0.2) is 0 Å². The van der Waals surface area contributed by atoms with Crippen molar-refractivity contribution in [1.29, 1.82) is 0 Å². The molecule has 0 fully saturated rings. The molecule has 1 heterocycles. The third kappa shape index (κ3) is 4.85. The Labute approximate surface area is 177 Å². The summed E-state index contributed by atoms with van der Waals surface area (Å²) < 4.78 is 41.2. The highest BCUT2D eigenvalue weighted by molar-refractivity contribution is 7.89. The Bertz CT molecular complexity index is 1090. The summed E-state index contributed by atoms with van der Waals surface area (Å²) in [7, 11) is -4.22. The minimum absolute atomic E-state index is 0.0703. The normalized spacial score (nSPS) is 12.6. The maximum atomic E-state index is 13.4. The minimum atomic E-state index is -4.22. The van der Waals surface area contributed by atoms with Gasteiger partial charge in [0.1, 0.15) is 17.6 Å². The number of sulfonamides is 1. The van der Waals surface area contributed by atoms with E-state index in [1.165, 1.54) is 53.2 Å². The average Bonchev–Trinajstić information content (AvgIpc) is 3.25. The highest BCUT2D eigenvalue weighted by atomic mass is 32.2. The Kier molecular flexibility index (Phi) is 6.83. The van der Waals surface area contributed by atoms with E-state index in [0.29, 0.717) is 6.42 Å². The van der Waals surface area contributed by atoms with E-state index < -0.39 is 27.8 Å². The molecule has 3 aromatic rings. The number of amides is 1. The van der Waals surface area contributed by atoms with Crippen molar-refractivity contribution in [3.8, 4) is 5.75 Å². The second-order valence-corrected chi connectivity index (χ2v) is 9.29. The Morgan fingerprint density at radius 3 is 2.33 bits per heavy atom. The number of phenols is 1. The molecule has 0 spiro atoms. The third-order valence-corrected chi connectivity index (χ3v) is 7.25. The van der Waals surface area contributed by atoms with Crippen LogP contribution in [-0.4, -0.2) is 35.5 Å². The zero-order valence-electron chi connectivity index (χ0n) is 15.6. The maximum Gasteiger partial charge on any atom is 0.266 e. The summed E-state index contributed by atoms with van der Waals surface area (Å²) >= 11 is 1.44. The van der Waals surface area contributed by atoms with E-state index in [2.05, 4.69) is 0 Å². The Hall–Kier alpha value is -2.79. The van der Waals surface area contributed by atoms with Gasteiger partial charge in [0.05, 0.1) is 4.90 Å². The number of hydrogen-bond acceptors (Lipinski definition) is 6. The summed E-state index contributed by atoms with van der Waals surface area (Å²) in [6, 6.07) is 11.9. The summed E-state index contributed by atoms with van der Waals surface area (Å²) in [6.07, 6.45) is 0.325. The van der Waals surface area contributed by atoms with Crippen LogP contribution >= 0.6 is 11.3 Å². The standard InChI is InChI=1S/C20H19FN2O5S2/c21-15-5-3-14(4-6-15)19(20(25)22-26)23(12-11-17-2-1-13-29-17)30(27,28)18-9-7-16(24)8-10-18/h1-10,13,19,24,26H,11-12H2,(H,22,25). The second-order valence-electron chi connectivity index (χ2n) is 6.37. The first-order valence-corrected chi connectivity index (χ1v) is 11.2. The van der Waals surface area contributed by atoms with Gasteiger partial charge in [0, 0.05) is 11.4 Å². The monoisotopic (exact) mass is 450 g/mol. The summed E-state index contributed by atoms with van der Waals surface area (Å²) in [6.45, 7) is -0.0703. The van der Waals surface area contributed by atoms with E-state index in [1.54, 1.807) is 0 Å². The molecular weight excluding hydrogens is 431 g/mol. The molecule has 1 amide bonds. The van der Waals surface area contributed by atoms with Crippen LogP contribution in [0, 0.1) is 5.82 Å². The molecule has 0 aliphatic heterocycles. The van der Waals surface area contributed by atoms with Gasteiger partial charge >= 0.3 is 0 Å². The number of aromatic hydroxyl groups is 1. The SMILES string of the molecule is O=C(NO)C(c1ccc(F)cc1)N(CCc1cccs1)S(=O)(=O)c1ccc(O)cc1. The molecule has 2 aromatic carbocycles. The van der Waals surface area contributed by atoms with Crippen LogP contribution in [0.5, 0.6) is 5.75 Å². The van der Waals surface area contributed by atoms with Crippen LogP contribution in [0.25, 0.3) is 0 Å². The predicted octanol–water partition coefficient (Wildman–Crippen LogP) is 3.07. The summed E-state index contributed by atoms with van der Waals surface area (Å²) in [5.41, 5.74) is 1.70. The number of nitrogens with one attached hydrogen (secondary N) is 1. The fourth-order valence-electron chi connectivity index (χ4n) is 2.97. The number of hydrogen-bond donors (Lipinski definition) is 3. The lowest BCUT2D eigenvalue weighted by Gasteiger charge is -2.29. The topological polar surface area (TPSA) is 107 Å². The Morgan fingerprint density at radius 1 is 1.10 bits per heavy atom. The molecule has 30 heavy (non-hydrogen) atoms. The first-order valence-electron chi connectivity index (χ1n) is 8.85. The van der Waals surface area contributed by atoms with E-state index in [4.69, 9.17) is 0 Å². The molecule has 0 bridgehead atoms. The van der Waals surface area contributed by atoms with Crippen LogP contribution in [-0.2, 0) is 21.2 Å². The molecule has 158 valence electrons. The molecule has 7 nitrogen and oxygen atoms in total. The lowest BCUT2D eigenvalue weighted by Crippen LogP contribution is -2.43. The number of benzene rings is 2. The molecule has 3 rings (SSSR count). The molecule has 0 saturated carbocycles. The molecule has 3 N–H and O–H groups in total. The largest absolute Gasteiger partial charge is 0.508 e. The molecule has 1 atom stereocenters. The Balaban J connectivity index is 2.08. The van der Waals surface area contributed by atoms with Gasteiger partial charge in [0.25, 0.3) is 5.91 Å². The van der Waals surface area contributed by atoms with Crippen molar-refractivity contribution in [3.05, 3.63) is 82.3 Å². The lowest BCUT2D eigenvalue weighted by atomic mass is 10.1. The third-order valence-electron chi connectivity index (χ3n) is 4.43.